The molecule has 3 nitrogen and oxygen atoms in total. The summed E-state index contributed by atoms with van der Waals surface area (Å²) in [6.45, 7) is 2.94. The lowest BCUT2D eigenvalue weighted by molar-refractivity contribution is 0.0994. The molecule has 0 radical (unpaired) electrons. The number of ether oxygens (including phenoxy) is 1. The fourth-order valence-electron chi connectivity index (χ4n) is 2.23. The van der Waals surface area contributed by atoms with Crippen molar-refractivity contribution in [1.29, 1.82) is 0 Å². The van der Waals surface area contributed by atoms with Gasteiger partial charge in [-0.15, -0.1) is 0 Å². The standard InChI is InChI=1S/C12H17BrN2O/c1-8-11(4-5-16-8)12(14)6-10-3-2-9(13)7-15-10/h2-3,7-8,11-12H,4-6,14H2,1H3. The first-order valence-electron chi connectivity index (χ1n) is 5.64. The highest BCUT2D eigenvalue weighted by Crippen LogP contribution is 2.24. The van der Waals surface area contributed by atoms with Gasteiger partial charge in [0.1, 0.15) is 0 Å². The molecule has 2 N–H and O–H groups in total. The zero-order valence-electron chi connectivity index (χ0n) is 9.40. The first-order valence-corrected chi connectivity index (χ1v) is 6.43. The summed E-state index contributed by atoms with van der Waals surface area (Å²) in [4.78, 5) is 4.35. The van der Waals surface area contributed by atoms with Crippen LogP contribution >= 0.6 is 15.9 Å². The molecule has 1 aliphatic rings. The maximum absolute atomic E-state index is 6.21. The quantitative estimate of drug-likeness (QED) is 0.925. The van der Waals surface area contributed by atoms with E-state index < -0.39 is 0 Å². The molecule has 0 amide bonds. The lowest BCUT2D eigenvalue weighted by atomic mass is 9.91. The van der Waals surface area contributed by atoms with Gasteiger partial charge in [0.25, 0.3) is 0 Å². The van der Waals surface area contributed by atoms with Crippen LogP contribution in [0.25, 0.3) is 0 Å². The topological polar surface area (TPSA) is 48.1 Å². The Kier molecular flexibility index (Phi) is 3.95. The first kappa shape index (κ1) is 12.0. The predicted octanol–water partition coefficient (Wildman–Crippen LogP) is 2.14. The Bertz CT molecular complexity index is 341. The van der Waals surface area contributed by atoms with Gasteiger partial charge in [-0.05, 0) is 41.4 Å². The van der Waals surface area contributed by atoms with E-state index in [2.05, 4.69) is 27.8 Å². The molecular weight excluding hydrogens is 268 g/mol. The molecule has 2 heterocycles. The van der Waals surface area contributed by atoms with E-state index in [0.717, 1.165) is 29.6 Å². The smallest absolute Gasteiger partial charge is 0.0590 e. The fourth-order valence-corrected chi connectivity index (χ4v) is 2.47. The molecule has 0 aromatic carbocycles. The Morgan fingerprint density at radius 2 is 2.44 bits per heavy atom. The predicted molar refractivity (Wildman–Crippen MR) is 67.1 cm³/mol. The first-order chi connectivity index (χ1) is 7.66. The van der Waals surface area contributed by atoms with Gasteiger partial charge in [-0.1, -0.05) is 0 Å². The second kappa shape index (κ2) is 5.25. The second-order valence-corrected chi connectivity index (χ2v) is 5.28. The number of nitrogens with two attached hydrogens (primary N) is 1. The Hall–Kier alpha value is -0.450. The van der Waals surface area contributed by atoms with Crippen molar-refractivity contribution in [2.24, 2.45) is 11.7 Å². The second-order valence-electron chi connectivity index (χ2n) is 4.36. The van der Waals surface area contributed by atoms with Crippen LogP contribution in [0.2, 0.25) is 0 Å². The zero-order valence-corrected chi connectivity index (χ0v) is 11.0. The molecule has 0 bridgehead atoms. The average Bonchev–Trinajstić information content (AvgIpc) is 2.68. The summed E-state index contributed by atoms with van der Waals surface area (Å²) < 4.78 is 6.54. The lowest BCUT2D eigenvalue weighted by Gasteiger charge is -2.21. The highest BCUT2D eigenvalue weighted by Gasteiger charge is 2.29. The third-order valence-electron chi connectivity index (χ3n) is 3.22. The van der Waals surface area contributed by atoms with E-state index in [1.807, 2.05) is 18.3 Å². The summed E-state index contributed by atoms with van der Waals surface area (Å²) in [5, 5.41) is 0. The van der Waals surface area contributed by atoms with Gasteiger partial charge in [0, 0.05) is 41.4 Å². The number of nitrogens with zero attached hydrogens (tertiary/aromatic N) is 1. The van der Waals surface area contributed by atoms with Crippen molar-refractivity contribution in [3.63, 3.8) is 0 Å². The van der Waals surface area contributed by atoms with E-state index in [1.54, 1.807) is 0 Å². The molecule has 0 aliphatic carbocycles. The molecule has 1 aliphatic heterocycles. The van der Waals surface area contributed by atoms with Crippen molar-refractivity contribution in [2.45, 2.75) is 31.9 Å². The molecule has 1 aromatic rings. The molecule has 1 aromatic heterocycles. The Morgan fingerprint density at radius 1 is 1.62 bits per heavy atom. The van der Waals surface area contributed by atoms with Crippen LogP contribution in [0.3, 0.4) is 0 Å². The van der Waals surface area contributed by atoms with Crippen molar-refractivity contribution in [3.8, 4) is 0 Å². The van der Waals surface area contributed by atoms with Crippen LogP contribution in [0.15, 0.2) is 22.8 Å². The van der Waals surface area contributed by atoms with Crippen molar-refractivity contribution >= 4 is 15.9 Å². The van der Waals surface area contributed by atoms with Gasteiger partial charge in [-0.25, -0.2) is 0 Å². The minimum absolute atomic E-state index is 0.145. The molecule has 2 rings (SSSR count). The maximum Gasteiger partial charge on any atom is 0.0590 e. The monoisotopic (exact) mass is 284 g/mol. The lowest BCUT2D eigenvalue weighted by Crippen LogP contribution is -2.36. The van der Waals surface area contributed by atoms with Crippen LogP contribution in [-0.2, 0) is 11.2 Å². The van der Waals surface area contributed by atoms with Crippen LogP contribution < -0.4 is 5.73 Å². The third-order valence-corrected chi connectivity index (χ3v) is 3.69. The minimum Gasteiger partial charge on any atom is -0.378 e. The maximum atomic E-state index is 6.21. The summed E-state index contributed by atoms with van der Waals surface area (Å²) >= 11 is 3.37. The van der Waals surface area contributed by atoms with Crippen molar-refractivity contribution in [2.75, 3.05) is 6.61 Å². The molecule has 4 heteroatoms. The summed E-state index contributed by atoms with van der Waals surface area (Å²) in [5.41, 5.74) is 7.26. The van der Waals surface area contributed by atoms with E-state index in [1.165, 1.54) is 0 Å². The van der Waals surface area contributed by atoms with Crippen molar-refractivity contribution in [1.82, 2.24) is 4.98 Å². The Balaban J connectivity index is 1.96. The van der Waals surface area contributed by atoms with Crippen LogP contribution in [0.1, 0.15) is 19.0 Å². The number of halogens is 1. The molecule has 1 fully saturated rings. The molecule has 1 saturated heterocycles. The largest absolute Gasteiger partial charge is 0.378 e. The molecule has 88 valence electrons. The van der Waals surface area contributed by atoms with Crippen molar-refractivity contribution < 1.29 is 4.74 Å². The number of pyridine rings is 1. The van der Waals surface area contributed by atoms with Gasteiger partial charge in [0.05, 0.1) is 6.10 Å². The van der Waals surface area contributed by atoms with Crippen LogP contribution in [0.4, 0.5) is 0 Å². The fraction of sp³-hybridized carbons (Fsp3) is 0.583. The van der Waals surface area contributed by atoms with Crippen molar-refractivity contribution in [3.05, 3.63) is 28.5 Å². The van der Waals surface area contributed by atoms with E-state index in [-0.39, 0.29) is 12.1 Å². The van der Waals surface area contributed by atoms with Crippen LogP contribution in [0.5, 0.6) is 0 Å². The zero-order chi connectivity index (χ0) is 11.5. The van der Waals surface area contributed by atoms with Gasteiger partial charge in [0.15, 0.2) is 0 Å². The molecule has 3 atom stereocenters. The molecule has 3 unspecified atom stereocenters. The SMILES string of the molecule is CC1OCCC1C(N)Cc1ccc(Br)cn1. The molecule has 0 saturated carbocycles. The van der Waals surface area contributed by atoms with E-state index >= 15 is 0 Å². The number of hydrogen-bond donors (Lipinski definition) is 1. The minimum atomic E-state index is 0.145. The number of rotatable bonds is 3. The molecule has 0 spiro atoms. The van der Waals surface area contributed by atoms with Crippen LogP contribution in [-0.4, -0.2) is 23.7 Å². The van der Waals surface area contributed by atoms with E-state index in [9.17, 15) is 0 Å². The van der Waals surface area contributed by atoms with E-state index in [0.29, 0.717) is 5.92 Å². The van der Waals surface area contributed by atoms with Gasteiger partial charge in [-0.2, -0.15) is 0 Å². The van der Waals surface area contributed by atoms with Gasteiger partial charge in [-0.3, -0.25) is 4.98 Å². The van der Waals surface area contributed by atoms with Gasteiger partial charge in [0.2, 0.25) is 0 Å². The van der Waals surface area contributed by atoms with Gasteiger partial charge < -0.3 is 10.5 Å². The summed E-state index contributed by atoms with van der Waals surface area (Å²) in [6.07, 6.45) is 3.99. The molecule has 16 heavy (non-hydrogen) atoms. The van der Waals surface area contributed by atoms with Gasteiger partial charge >= 0.3 is 0 Å². The number of hydrogen-bond acceptors (Lipinski definition) is 3. The Labute approximate surface area is 105 Å². The Morgan fingerprint density at radius 3 is 3.00 bits per heavy atom. The summed E-state index contributed by atoms with van der Waals surface area (Å²) in [6, 6.07) is 4.17. The van der Waals surface area contributed by atoms with E-state index in [4.69, 9.17) is 10.5 Å². The average molecular weight is 285 g/mol. The summed E-state index contributed by atoms with van der Waals surface area (Å²) in [5.74, 6) is 0.463. The van der Waals surface area contributed by atoms with Crippen LogP contribution in [0, 0.1) is 5.92 Å². The normalized spacial score (nSPS) is 26.9. The third kappa shape index (κ3) is 2.81. The highest BCUT2D eigenvalue weighted by molar-refractivity contribution is 9.10. The highest BCUT2D eigenvalue weighted by atomic mass is 79.9. The molecular formula is C12H17BrN2O. The summed E-state index contributed by atoms with van der Waals surface area (Å²) in [7, 11) is 0. The number of aromatic nitrogens is 1.